The van der Waals surface area contributed by atoms with Gasteiger partial charge < -0.3 is 4.55 Å². The molecule has 0 aromatic carbocycles. The van der Waals surface area contributed by atoms with Gasteiger partial charge in [0.1, 0.15) is 4.75 Å². The van der Waals surface area contributed by atoms with E-state index in [9.17, 15) is 4.55 Å². The molecule has 0 amide bonds. The highest BCUT2D eigenvalue weighted by atomic mass is 35.5. The van der Waals surface area contributed by atoms with Gasteiger partial charge in [-0.05, 0) is 45.2 Å². The van der Waals surface area contributed by atoms with E-state index in [0.29, 0.717) is 5.88 Å². The van der Waals surface area contributed by atoms with E-state index in [2.05, 4.69) is 9.71 Å². The van der Waals surface area contributed by atoms with Gasteiger partial charge in [-0.1, -0.05) is 6.07 Å². The molecule has 1 aromatic heterocycles. The van der Waals surface area contributed by atoms with Crippen molar-refractivity contribution in [1.82, 2.24) is 9.71 Å². The fraction of sp³-hybridized carbons (Fsp3) is 0.615. The Morgan fingerprint density at radius 3 is 2.72 bits per heavy atom. The molecule has 0 bridgehead atoms. The summed E-state index contributed by atoms with van der Waals surface area (Å²) in [5.41, 5.74) is 1.06. The summed E-state index contributed by atoms with van der Waals surface area (Å²) in [5, 5.41) is 0. The summed E-state index contributed by atoms with van der Waals surface area (Å²) in [7, 11) is 0. The highest BCUT2D eigenvalue weighted by Gasteiger charge is 2.29. The van der Waals surface area contributed by atoms with Crippen molar-refractivity contribution in [2.45, 2.75) is 44.4 Å². The Morgan fingerprint density at radius 1 is 1.50 bits per heavy atom. The lowest BCUT2D eigenvalue weighted by Crippen LogP contribution is -2.41. The average molecular weight is 289 g/mol. The van der Waals surface area contributed by atoms with Crippen molar-refractivity contribution in [1.29, 1.82) is 0 Å². The van der Waals surface area contributed by atoms with Gasteiger partial charge in [0.15, 0.2) is 0 Å². The third-order valence-electron chi connectivity index (χ3n) is 2.52. The van der Waals surface area contributed by atoms with Crippen LogP contribution in [-0.4, -0.2) is 20.2 Å². The highest BCUT2D eigenvalue weighted by molar-refractivity contribution is 7.90. The minimum absolute atomic E-state index is 0.0394. The Labute approximate surface area is 118 Å². The van der Waals surface area contributed by atoms with Gasteiger partial charge in [-0.15, -0.1) is 16.3 Å². The third-order valence-corrected chi connectivity index (χ3v) is 4.40. The van der Waals surface area contributed by atoms with Crippen LogP contribution in [0, 0.1) is 0 Å². The molecule has 2 atom stereocenters. The molecule has 0 aliphatic rings. The van der Waals surface area contributed by atoms with Crippen LogP contribution in [-0.2, 0) is 11.4 Å². The topological polar surface area (TPSA) is 48.0 Å². The molecular weight excluding hydrogens is 268 g/mol. The van der Waals surface area contributed by atoms with Crippen molar-refractivity contribution in [3.63, 3.8) is 0 Å². The molecule has 102 valence electrons. The number of hydrogen-bond donors (Lipinski definition) is 1. The van der Waals surface area contributed by atoms with Crippen molar-refractivity contribution < 1.29 is 4.55 Å². The summed E-state index contributed by atoms with van der Waals surface area (Å²) in [6.07, 6.45) is 5.29. The molecule has 0 radical (unpaired) electrons. The SMILES string of the molecule is CC(C)(C)[S@+]([O-])N[C@@H](CCCCl)c1cccnc1. The zero-order valence-corrected chi connectivity index (χ0v) is 12.7. The maximum Gasteiger partial charge on any atom is 0.136 e. The van der Waals surface area contributed by atoms with Gasteiger partial charge in [0.25, 0.3) is 0 Å². The maximum atomic E-state index is 12.2. The second-order valence-corrected chi connectivity index (χ2v) is 7.54. The number of halogens is 1. The van der Waals surface area contributed by atoms with Crippen LogP contribution in [0.25, 0.3) is 0 Å². The summed E-state index contributed by atoms with van der Waals surface area (Å²) in [4.78, 5) is 4.11. The minimum atomic E-state index is -1.09. The second-order valence-electron chi connectivity index (χ2n) is 5.17. The molecule has 1 heterocycles. The third kappa shape index (κ3) is 5.14. The number of pyridine rings is 1. The molecule has 1 N–H and O–H groups in total. The van der Waals surface area contributed by atoms with Crippen LogP contribution >= 0.6 is 11.6 Å². The van der Waals surface area contributed by atoms with Crippen molar-refractivity contribution >= 4 is 23.0 Å². The second kappa shape index (κ2) is 7.34. The summed E-state index contributed by atoms with van der Waals surface area (Å²) in [6.45, 7) is 5.87. The van der Waals surface area contributed by atoms with E-state index in [1.54, 1.807) is 6.20 Å². The van der Waals surface area contributed by atoms with E-state index in [1.807, 2.05) is 39.1 Å². The lowest BCUT2D eigenvalue weighted by molar-refractivity contribution is 0.509. The Morgan fingerprint density at radius 2 is 2.22 bits per heavy atom. The van der Waals surface area contributed by atoms with E-state index < -0.39 is 11.4 Å². The van der Waals surface area contributed by atoms with Crippen LogP contribution in [0.5, 0.6) is 0 Å². The summed E-state index contributed by atoms with van der Waals surface area (Å²) in [6, 6.07) is 3.93. The van der Waals surface area contributed by atoms with E-state index in [1.165, 1.54) is 0 Å². The van der Waals surface area contributed by atoms with Crippen molar-refractivity contribution in [2.75, 3.05) is 5.88 Å². The van der Waals surface area contributed by atoms with E-state index in [-0.39, 0.29) is 10.8 Å². The van der Waals surface area contributed by atoms with Gasteiger partial charge in [-0.3, -0.25) is 4.98 Å². The maximum absolute atomic E-state index is 12.2. The van der Waals surface area contributed by atoms with Crippen LogP contribution in [0.1, 0.15) is 45.2 Å². The van der Waals surface area contributed by atoms with E-state index in [4.69, 9.17) is 11.6 Å². The van der Waals surface area contributed by atoms with Crippen molar-refractivity contribution in [3.8, 4) is 0 Å². The normalized spacial score (nSPS) is 15.4. The zero-order valence-electron chi connectivity index (χ0n) is 11.1. The average Bonchev–Trinajstić information content (AvgIpc) is 2.34. The predicted octanol–water partition coefficient (Wildman–Crippen LogP) is 3.19. The van der Waals surface area contributed by atoms with Gasteiger partial charge in [-0.2, -0.15) is 0 Å². The fourth-order valence-electron chi connectivity index (χ4n) is 1.46. The molecule has 0 unspecified atom stereocenters. The molecule has 18 heavy (non-hydrogen) atoms. The first-order chi connectivity index (χ1) is 8.45. The van der Waals surface area contributed by atoms with E-state index >= 15 is 0 Å². The van der Waals surface area contributed by atoms with Crippen LogP contribution < -0.4 is 4.72 Å². The largest absolute Gasteiger partial charge is 0.598 e. The number of hydrogen-bond acceptors (Lipinski definition) is 3. The lowest BCUT2D eigenvalue weighted by Gasteiger charge is -2.28. The Balaban J connectivity index is 2.73. The van der Waals surface area contributed by atoms with Gasteiger partial charge in [0, 0.05) is 29.6 Å². The summed E-state index contributed by atoms with van der Waals surface area (Å²) in [5.74, 6) is 0.612. The number of aromatic nitrogens is 1. The Hall–Kier alpha value is -0.290. The van der Waals surface area contributed by atoms with Gasteiger partial charge in [0.05, 0.1) is 6.04 Å². The minimum Gasteiger partial charge on any atom is -0.598 e. The van der Waals surface area contributed by atoms with Gasteiger partial charge in [0.2, 0.25) is 0 Å². The predicted molar refractivity (Wildman–Crippen MR) is 78.0 cm³/mol. The number of nitrogens with one attached hydrogen (secondary N) is 1. The number of alkyl halides is 1. The Bertz CT molecular complexity index is 343. The standard InChI is InChI=1S/C13H21ClN2OS/c1-13(2,3)18(17)16-12(7-4-8-14)11-6-5-9-15-10-11/h5-6,9-10,12,16H,4,7-8H2,1-3H3/t12-,18-/m0/s1. The first-order valence-electron chi connectivity index (χ1n) is 6.09. The molecule has 0 spiro atoms. The van der Waals surface area contributed by atoms with Crippen LogP contribution in [0.2, 0.25) is 0 Å². The smallest absolute Gasteiger partial charge is 0.136 e. The van der Waals surface area contributed by atoms with Crippen LogP contribution in [0.3, 0.4) is 0 Å². The quantitative estimate of drug-likeness (QED) is 0.646. The fourth-order valence-corrected chi connectivity index (χ4v) is 2.48. The van der Waals surface area contributed by atoms with E-state index in [0.717, 1.165) is 18.4 Å². The molecule has 0 aliphatic heterocycles. The first kappa shape index (κ1) is 15.8. The zero-order chi connectivity index (χ0) is 13.6. The highest BCUT2D eigenvalue weighted by Crippen LogP contribution is 2.23. The van der Waals surface area contributed by atoms with Crippen LogP contribution in [0.15, 0.2) is 24.5 Å². The molecule has 1 rings (SSSR count). The Kier molecular flexibility index (Phi) is 6.43. The van der Waals surface area contributed by atoms with Crippen LogP contribution in [0.4, 0.5) is 0 Å². The van der Waals surface area contributed by atoms with Gasteiger partial charge in [-0.25, -0.2) is 0 Å². The first-order valence-corrected chi connectivity index (χ1v) is 7.77. The number of rotatable bonds is 6. The summed E-state index contributed by atoms with van der Waals surface area (Å²) >= 11 is 4.65. The van der Waals surface area contributed by atoms with Gasteiger partial charge >= 0.3 is 0 Å². The molecule has 0 saturated carbocycles. The molecule has 5 heteroatoms. The number of nitrogens with zero attached hydrogens (tertiary/aromatic N) is 1. The van der Waals surface area contributed by atoms with Crippen molar-refractivity contribution in [2.24, 2.45) is 0 Å². The van der Waals surface area contributed by atoms with Crippen molar-refractivity contribution in [3.05, 3.63) is 30.1 Å². The molecule has 0 fully saturated rings. The monoisotopic (exact) mass is 288 g/mol. The molecule has 1 aromatic rings. The summed E-state index contributed by atoms with van der Waals surface area (Å²) < 4.78 is 15.1. The molecule has 0 aliphatic carbocycles. The lowest BCUT2D eigenvalue weighted by atomic mass is 10.1. The molecular formula is C13H21ClN2OS. The molecule has 0 saturated heterocycles. The molecule has 3 nitrogen and oxygen atoms in total.